The summed E-state index contributed by atoms with van der Waals surface area (Å²) in [5, 5.41) is 1.07. The standard InChI is InChI=1S/C20H26Cl2N2O/c21-16-5-3-15(11-17(16)22)13-20(25)24-10-7-14-4-6-18(19(24)12-14)23-8-1-2-9-23/h3,5,11,14,18-19H,1-2,4,6-10,12-13H2/t14-,18-,19+/m1/s1. The van der Waals surface area contributed by atoms with Gasteiger partial charge in [-0.2, -0.15) is 0 Å². The van der Waals surface area contributed by atoms with Gasteiger partial charge in [0.1, 0.15) is 0 Å². The van der Waals surface area contributed by atoms with Crippen molar-refractivity contribution < 1.29 is 4.79 Å². The van der Waals surface area contributed by atoms with Crippen molar-refractivity contribution in [1.82, 2.24) is 9.80 Å². The molecule has 4 rings (SSSR count). The van der Waals surface area contributed by atoms with Crippen molar-refractivity contribution in [3.8, 4) is 0 Å². The number of carbonyl (C=O) groups is 1. The summed E-state index contributed by atoms with van der Waals surface area (Å²) in [6, 6.07) is 6.50. The van der Waals surface area contributed by atoms with Crippen molar-refractivity contribution in [2.45, 2.75) is 57.0 Å². The molecule has 1 aliphatic carbocycles. The molecule has 25 heavy (non-hydrogen) atoms. The van der Waals surface area contributed by atoms with Gasteiger partial charge in [-0.15, -0.1) is 0 Å². The lowest BCUT2D eigenvalue weighted by Gasteiger charge is -2.50. The number of hydrogen-bond donors (Lipinski definition) is 0. The number of hydrogen-bond acceptors (Lipinski definition) is 2. The molecule has 0 unspecified atom stereocenters. The second-order valence-corrected chi connectivity index (χ2v) is 8.67. The molecular weight excluding hydrogens is 355 g/mol. The van der Waals surface area contributed by atoms with E-state index in [0.717, 1.165) is 24.4 Å². The fourth-order valence-electron chi connectivity index (χ4n) is 5.03. The monoisotopic (exact) mass is 380 g/mol. The minimum absolute atomic E-state index is 0.243. The van der Waals surface area contributed by atoms with Crippen LogP contribution in [0.15, 0.2) is 18.2 Å². The summed E-state index contributed by atoms with van der Waals surface area (Å²) in [6.07, 6.45) is 7.99. The van der Waals surface area contributed by atoms with Gasteiger partial charge in [0, 0.05) is 18.6 Å². The highest BCUT2D eigenvalue weighted by Gasteiger charge is 2.42. The second-order valence-electron chi connectivity index (χ2n) is 7.86. The van der Waals surface area contributed by atoms with E-state index in [1.807, 2.05) is 12.1 Å². The third-order valence-corrected chi connectivity index (χ3v) is 7.08. The van der Waals surface area contributed by atoms with Crippen molar-refractivity contribution in [1.29, 1.82) is 0 Å². The minimum Gasteiger partial charge on any atom is -0.338 e. The number of benzene rings is 1. The van der Waals surface area contributed by atoms with E-state index in [9.17, 15) is 4.79 Å². The highest BCUT2D eigenvalue weighted by molar-refractivity contribution is 6.42. The molecule has 0 spiro atoms. The van der Waals surface area contributed by atoms with Gasteiger partial charge in [-0.3, -0.25) is 9.69 Å². The fourth-order valence-corrected chi connectivity index (χ4v) is 5.36. The SMILES string of the molecule is O=C(Cc1ccc(Cl)c(Cl)c1)N1CC[C@H]2CC[C@@H](N3CCCC3)[C@@H]1C2. The summed E-state index contributed by atoms with van der Waals surface area (Å²) >= 11 is 12.1. The van der Waals surface area contributed by atoms with Gasteiger partial charge in [0.05, 0.1) is 16.5 Å². The second kappa shape index (κ2) is 7.46. The van der Waals surface area contributed by atoms with E-state index in [0.29, 0.717) is 28.5 Å². The largest absolute Gasteiger partial charge is 0.338 e. The molecule has 2 heterocycles. The summed E-state index contributed by atoms with van der Waals surface area (Å²) < 4.78 is 0. The summed E-state index contributed by atoms with van der Waals surface area (Å²) in [5.74, 6) is 1.06. The van der Waals surface area contributed by atoms with Crippen LogP contribution in [0, 0.1) is 5.92 Å². The summed E-state index contributed by atoms with van der Waals surface area (Å²) in [4.78, 5) is 17.9. The van der Waals surface area contributed by atoms with Gasteiger partial charge < -0.3 is 4.90 Å². The Hall–Kier alpha value is -0.770. The van der Waals surface area contributed by atoms with Crippen LogP contribution in [-0.4, -0.2) is 47.4 Å². The van der Waals surface area contributed by atoms with Crippen LogP contribution in [0.4, 0.5) is 0 Å². The van der Waals surface area contributed by atoms with Gasteiger partial charge in [-0.1, -0.05) is 29.3 Å². The Labute approximate surface area is 160 Å². The first kappa shape index (κ1) is 17.6. The molecule has 1 amide bonds. The van der Waals surface area contributed by atoms with Crippen LogP contribution in [0.25, 0.3) is 0 Å². The molecule has 1 saturated carbocycles. The van der Waals surface area contributed by atoms with Crippen molar-refractivity contribution in [3.05, 3.63) is 33.8 Å². The Kier molecular flexibility index (Phi) is 5.26. The first-order chi connectivity index (χ1) is 12.1. The molecule has 3 atom stereocenters. The number of likely N-dealkylation sites (tertiary alicyclic amines) is 2. The molecule has 2 saturated heterocycles. The Morgan fingerprint density at radius 2 is 1.80 bits per heavy atom. The number of carbonyl (C=O) groups excluding carboxylic acids is 1. The van der Waals surface area contributed by atoms with Crippen LogP contribution >= 0.6 is 23.2 Å². The third kappa shape index (κ3) is 3.70. The first-order valence-electron chi connectivity index (χ1n) is 9.59. The zero-order valence-electron chi connectivity index (χ0n) is 14.6. The summed E-state index contributed by atoms with van der Waals surface area (Å²) in [5.41, 5.74) is 0.954. The van der Waals surface area contributed by atoms with E-state index < -0.39 is 0 Å². The predicted molar refractivity (Wildman–Crippen MR) is 102 cm³/mol. The molecule has 3 nitrogen and oxygen atoms in total. The average molecular weight is 381 g/mol. The Bertz CT molecular complexity index is 645. The van der Waals surface area contributed by atoms with E-state index in [1.165, 1.54) is 45.2 Å². The van der Waals surface area contributed by atoms with E-state index >= 15 is 0 Å². The Morgan fingerprint density at radius 3 is 2.56 bits per heavy atom. The highest BCUT2D eigenvalue weighted by atomic mass is 35.5. The van der Waals surface area contributed by atoms with Gasteiger partial charge in [-0.25, -0.2) is 0 Å². The van der Waals surface area contributed by atoms with Crippen molar-refractivity contribution in [3.63, 3.8) is 0 Å². The average Bonchev–Trinajstić information content (AvgIpc) is 3.13. The number of rotatable bonds is 3. The van der Waals surface area contributed by atoms with Gasteiger partial charge >= 0.3 is 0 Å². The summed E-state index contributed by atoms with van der Waals surface area (Å²) in [6.45, 7) is 3.33. The minimum atomic E-state index is 0.243. The van der Waals surface area contributed by atoms with E-state index in [1.54, 1.807) is 6.07 Å². The van der Waals surface area contributed by atoms with Crippen molar-refractivity contribution >= 4 is 29.1 Å². The lowest BCUT2D eigenvalue weighted by atomic mass is 9.76. The van der Waals surface area contributed by atoms with Gasteiger partial charge in [0.25, 0.3) is 0 Å². The van der Waals surface area contributed by atoms with Gasteiger partial charge in [-0.05, 0) is 75.2 Å². The number of piperidine rings is 1. The topological polar surface area (TPSA) is 23.6 Å². The maximum Gasteiger partial charge on any atom is 0.227 e. The van der Waals surface area contributed by atoms with Crippen LogP contribution in [-0.2, 0) is 11.2 Å². The number of amides is 1. The molecular formula is C20H26Cl2N2O. The number of nitrogens with zero attached hydrogens (tertiary/aromatic N) is 2. The lowest BCUT2D eigenvalue weighted by molar-refractivity contribution is -0.138. The van der Waals surface area contributed by atoms with Crippen LogP contribution in [0.5, 0.6) is 0 Å². The van der Waals surface area contributed by atoms with Crippen molar-refractivity contribution in [2.24, 2.45) is 5.92 Å². The first-order valence-corrected chi connectivity index (χ1v) is 10.3. The molecule has 2 aliphatic heterocycles. The lowest BCUT2D eigenvalue weighted by Crippen LogP contribution is -2.59. The Morgan fingerprint density at radius 1 is 1.00 bits per heavy atom. The quantitative estimate of drug-likeness (QED) is 0.775. The van der Waals surface area contributed by atoms with Gasteiger partial charge in [0.2, 0.25) is 5.91 Å². The van der Waals surface area contributed by atoms with Crippen LogP contribution in [0.1, 0.15) is 44.1 Å². The fraction of sp³-hybridized carbons (Fsp3) is 0.650. The molecule has 3 aliphatic rings. The number of fused-ring (bicyclic) bond motifs is 2. The zero-order chi connectivity index (χ0) is 17.4. The van der Waals surface area contributed by atoms with Gasteiger partial charge in [0.15, 0.2) is 0 Å². The molecule has 136 valence electrons. The Balaban J connectivity index is 1.49. The molecule has 0 aromatic heterocycles. The normalized spacial score (nSPS) is 29.8. The van der Waals surface area contributed by atoms with Crippen LogP contribution in [0.2, 0.25) is 10.0 Å². The van der Waals surface area contributed by atoms with E-state index in [4.69, 9.17) is 23.2 Å². The maximum atomic E-state index is 13.1. The molecule has 3 fully saturated rings. The van der Waals surface area contributed by atoms with E-state index in [-0.39, 0.29) is 5.91 Å². The molecule has 0 radical (unpaired) electrons. The number of halogens is 2. The highest BCUT2D eigenvalue weighted by Crippen LogP contribution is 2.38. The predicted octanol–water partition coefficient (Wildman–Crippen LogP) is 4.40. The molecule has 1 aromatic rings. The van der Waals surface area contributed by atoms with Crippen LogP contribution < -0.4 is 0 Å². The van der Waals surface area contributed by atoms with Crippen molar-refractivity contribution in [2.75, 3.05) is 19.6 Å². The molecule has 1 aromatic carbocycles. The molecule has 0 N–H and O–H groups in total. The summed E-state index contributed by atoms with van der Waals surface area (Å²) in [7, 11) is 0. The zero-order valence-corrected chi connectivity index (χ0v) is 16.1. The van der Waals surface area contributed by atoms with E-state index in [2.05, 4.69) is 9.80 Å². The third-order valence-electron chi connectivity index (χ3n) is 6.34. The van der Waals surface area contributed by atoms with Crippen LogP contribution in [0.3, 0.4) is 0 Å². The smallest absolute Gasteiger partial charge is 0.227 e. The molecule has 5 heteroatoms. The maximum absolute atomic E-state index is 13.1. The molecule has 2 bridgehead atoms.